The van der Waals surface area contributed by atoms with Gasteiger partial charge in [0, 0.05) is 5.41 Å². The Balaban J connectivity index is 2.07. The molecule has 1 aliphatic rings. The smallest absolute Gasteiger partial charge is 0.217 e. The van der Waals surface area contributed by atoms with Crippen LogP contribution in [-0.4, -0.2) is 13.2 Å². The Labute approximate surface area is 97.9 Å². The molecule has 0 bridgehead atoms. The van der Waals surface area contributed by atoms with Gasteiger partial charge in [0.25, 0.3) is 0 Å². The quantitative estimate of drug-likeness (QED) is 0.787. The van der Waals surface area contributed by atoms with Crippen molar-refractivity contribution in [1.29, 1.82) is 0 Å². The van der Waals surface area contributed by atoms with Crippen LogP contribution in [0, 0.1) is 12.3 Å². The third-order valence-corrected chi connectivity index (χ3v) is 3.15. The summed E-state index contributed by atoms with van der Waals surface area (Å²) in [5, 5.41) is 0. The maximum Gasteiger partial charge on any atom is 0.217 e. The van der Waals surface area contributed by atoms with E-state index in [9.17, 15) is 0 Å². The molecule has 1 saturated heterocycles. The minimum absolute atomic E-state index is 0.0926. The fourth-order valence-corrected chi connectivity index (χ4v) is 1.76. The molecule has 0 spiro atoms. The fraction of sp³-hybridized carbons (Fsp3) is 0.636. The van der Waals surface area contributed by atoms with Crippen LogP contribution < -0.4 is 0 Å². The van der Waals surface area contributed by atoms with E-state index in [1.165, 1.54) is 0 Å². The summed E-state index contributed by atoms with van der Waals surface area (Å²) in [7, 11) is 0. The largest absolute Gasteiger partial charge is 0.460 e. The van der Waals surface area contributed by atoms with Gasteiger partial charge in [-0.1, -0.05) is 13.8 Å². The van der Waals surface area contributed by atoms with Crippen molar-refractivity contribution in [3.05, 3.63) is 22.1 Å². The lowest BCUT2D eigenvalue weighted by molar-refractivity contribution is -0.233. The van der Waals surface area contributed by atoms with Gasteiger partial charge in [0.1, 0.15) is 5.76 Å². The van der Waals surface area contributed by atoms with Crippen LogP contribution in [0.25, 0.3) is 0 Å². The van der Waals surface area contributed by atoms with Gasteiger partial charge in [-0.05, 0) is 28.9 Å². The lowest BCUT2D eigenvalue weighted by Gasteiger charge is -2.33. The van der Waals surface area contributed by atoms with Crippen molar-refractivity contribution in [1.82, 2.24) is 0 Å². The van der Waals surface area contributed by atoms with Crippen molar-refractivity contribution in [3.8, 4) is 0 Å². The SMILES string of the molecule is Cc1oc(C2OCC(C)(C)CO2)cc1Br. The average molecular weight is 275 g/mol. The van der Waals surface area contributed by atoms with Gasteiger partial charge in [-0.3, -0.25) is 0 Å². The number of furan rings is 1. The second-order valence-corrected chi connectivity index (χ2v) is 5.53. The molecular formula is C11H15BrO3. The van der Waals surface area contributed by atoms with E-state index >= 15 is 0 Å². The molecular weight excluding hydrogens is 260 g/mol. The van der Waals surface area contributed by atoms with E-state index < -0.39 is 0 Å². The van der Waals surface area contributed by atoms with Gasteiger partial charge in [-0.2, -0.15) is 0 Å². The number of hydrogen-bond acceptors (Lipinski definition) is 3. The lowest BCUT2D eigenvalue weighted by atomic mass is 9.95. The van der Waals surface area contributed by atoms with Crippen LogP contribution in [0.5, 0.6) is 0 Å². The van der Waals surface area contributed by atoms with Gasteiger partial charge in [-0.15, -0.1) is 0 Å². The summed E-state index contributed by atoms with van der Waals surface area (Å²) in [6.45, 7) is 7.52. The highest BCUT2D eigenvalue weighted by Crippen LogP contribution is 2.33. The van der Waals surface area contributed by atoms with Crippen LogP contribution in [-0.2, 0) is 9.47 Å². The topological polar surface area (TPSA) is 31.6 Å². The first-order valence-corrected chi connectivity index (χ1v) is 5.76. The number of rotatable bonds is 1. The molecule has 2 heterocycles. The van der Waals surface area contributed by atoms with Crippen LogP contribution >= 0.6 is 15.9 Å². The summed E-state index contributed by atoms with van der Waals surface area (Å²) < 4.78 is 17.7. The maximum absolute atomic E-state index is 5.61. The number of hydrogen-bond donors (Lipinski definition) is 0. The zero-order valence-corrected chi connectivity index (χ0v) is 10.8. The molecule has 0 aliphatic carbocycles. The highest BCUT2D eigenvalue weighted by atomic mass is 79.9. The zero-order chi connectivity index (χ0) is 11.1. The van der Waals surface area contributed by atoms with E-state index in [0.717, 1.165) is 16.0 Å². The molecule has 2 rings (SSSR count). The van der Waals surface area contributed by atoms with Gasteiger partial charge in [0.05, 0.1) is 17.7 Å². The predicted octanol–water partition coefficient (Wildman–Crippen LogP) is 3.42. The van der Waals surface area contributed by atoms with Crippen molar-refractivity contribution in [3.63, 3.8) is 0 Å². The molecule has 1 aromatic rings. The molecule has 15 heavy (non-hydrogen) atoms. The molecule has 0 radical (unpaired) electrons. The lowest BCUT2D eigenvalue weighted by Crippen LogP contribution is -2.33. The molecule has 0 unspecified atom stereocenters. The second kappa shape index (κ2) is 3.92. The molecule has 0 atom stereocenters. The highest BCUT2D eigenvalue weighted by molar-refractivity contribution is 9.10. The Bertz CT molecular complexity index is 327. The average Bonchev–Trinajstić information content (AvgIpc) is 2.47. The van der Waals surface area contributed by atoms with E-state index in [1.807, 2.05) is 13.0 Å². The molecule has 1 aliphatic heterocycles. The summed E-state index contributed by atoms with van der Waals surface area (Å²) in [6, 6.07) is 1.90. The summed E-state index contributed by atoms with van der Waals surface area (Å²) in [5.41, 5.74) is 0.0926. The third kappa shape index (κ3) is 2.44. The highest BCUT2D eigenvalue weighted by Gasteiger charge is 2.31. The first-order chi connectivity index (χ1) is 6.98. The zero-order valence-electron chi connectivity index (χ0n) is 9.17. The number of halogens is 1. The number of ether oxygens (including phenoxy) is 2. The van der Waals surface area contributed by atoms with Crippen LogP contribution in [0.2, 0.25) is 0 Å². The second-order valence-electron chi connectivity index (χ2n) is 4.67. The van der Waals surface area contributed by atoms with Gasteiger partial charge < -0.3 is 13.9 Å². The number of aryl methyl sites for hydroxylation is 1. The Morgan fingerprint density at radius 1 is 1.33 bits per heavy atom. The Morgan fingerprint density at radius 3 is 2.40 bits per heavy atom. The Morgan fingerprint density at radius 2 is 1.93 bits per heavy atom. The van der Waals surface area contributed by atoms with Crippen LogP contribution in [0.15, 0.2) is 15.0 Å². The first-order valence-electron chi connectivity index (χ1n) is 4.97. The van der Waals surface area contributed by atoms with Crippen LogP contribution in [0.4, 0.5) is 0 Å². The van der Waals surface area contributed by atoms with Crippen molar-refractivity contribution < 1.29 is 13.9 Å². The van der Waals surface area contributed by atoms with E-state index in [2.05, 4.69) is 29.8 Å². The van der Waals surface area contributed by atoms with E-state index in [1.54, 1.807) is 0 Å². The molecule has 1 fully saturated rings. The van der Waals surface area contributed by atoms with Crippen molar-refractivity contribution in [2.45, 2.75) is 27.1 Å². The van der Waals surface area contributed by atoms with Gasteiger partial charge in [0.2, 0.25) is 6.29 Å². The van der Waals surface area contributed by atoms with Gasteiger partial charge in [-0.25, -0.2) is 0 Å². The van der Waals surface area contributed by atoms with Crippen molar-refractivity contribution in [2.75, 3.05) is 13.2 Å². The standard InChI is InChI=1S/C11H15BrO3/c1-7-8(12)4-9(15-7)10-13-5-11(2,3)6-14-10/h4,10H,5-6H2,1-3H3. The van der Waals surface area contributed by atoms with Gasteiger partial charge in [0.15, 0.2) is 5.76 Å². The van der Waals surface area contributed by atoms with E-state index in [4.69, 9.17) is 13.9 Å². The van der Waals surface area contributed by atoms with Crippen molar-refractivity contribution >= 4 is 15.9 Å². The monoisotopic (exact) mass is 274 g/mol. The normalized spacial score (nSPS) is 21.9. The minimum atomic E-state index is -0.358. The molecule has 1 aromatic heterocycles. The molecule has 4 heteroatoms. The molecule has 0 amide bonds. The third-order valence-electron chi connectivity index (χ3n) is 2.36. The van der Waals surface area contributed by atoms with E-state index in [-0.39, 0.29) is 11.7 Å². The first kappa shape index (κ1) is 11.2. The minimum Gasteiger partial charge on any atom is -0.460 e. The summed E-state index contributed by atoms with van der Waals surface area (Å²) in [6.07, 6.45) is -0.358. The molecule has 0 saturated carbocycles. The van der Waals surface area contributed by atoms with Crippen LogP contribution in [0.1, 0.15) is 31.7 Å². The summed E-state index contributed by atoms with van der Waals surface area (Å²) in [5.74, 6) is 1.58. The molecule has 0 N–H and O–H groups in total. The molecule has 0 aromatic carbocycles. The molecule has 84 valence electrons. The maximum atomic E-state index is 5.61. The Hall–Kier alpha value is -0.320. The summed E-state index contributed by atoms with van der Waals surface area (Å²) >= 11 is 3.40. The fourth-order valence-electron chi connectivity index (χ4n) is 1.45. The van der Waals surface area contributed by atoms with Crippen LogP contribution in [0.3, 0.4) is 0 Å². The van der Waals surface area contributed by atoms with E-state index in [0.29, 0.717) is 13.2 Å². The predicted molar refractivity (Wildman–Crippen MR) is 59.6 cm³/mol. The Kier molecular flexibility index (Phi) is 2.92. The molecule has 3 nitrogen and oxygen atoms in total. The summed E-state index contributed by atoms with van der Waals surface area (Å²) in [4.78, 5) is 0. The van der Waals surface area contributed by atoms with Gasteiger partial charge >= 0.3 is 0 Å². The van der Waals surface area contributed by atoms with Crippen molar-refractivity contribution in [2.24, 2.45) is 5.41 Å².